The van der Waals surface area contributed by atoms with E-state index < -0.39 is 9.84 Å². The second-order valence-corrected chi connectivity index (χ2v) is 7.82. The van der Waals surface area contributed by atoms with Gasteiger partial charge in [0.15, 0.2) is 9.84 Å². The van der Waals surface area contributed by atoms with Gasteiger partial charge in [-0.2, -0.15) is 0 Å². The number of nitrogens with zero attached hydrogens (tertiary/aromatic N) is 1. The van der Waals surface area contributed by atoms with E-state index >= 15 is 0 Å². The van der Waals surface area contributed by atoms with Crippen molar-refractivity contribution in [3.05, 3.63) is 16.1 Å². The van der Waals surface area contributed by atoms with E-state index in [4.69, 9.17) is 0 Å². The van der Waals surface area contributed by atoms with Crippen molar-refractivity contribution in [1.29, 1.82) is 0 Å². The molecule has 0 bridgehead atoms. The summed E-state index contributed by atoms with van der Waals surface area (Å²) < 4.78 is 22.7. The second-order valence-electron chi connectivity index (χ2n) is 4.65. The molecule has 0 saturated carbocycles. The first kappa shape index (κ1) is 13.0. The number of nitrogens with one attached hydrogen (secondary N) is 1. The maximum Gasteiger partial charge on any atom is 0.150 e. The first-order valence-electron chi connectivity index (χ1n) is 5.82. The lowest BCUT2D eigenvalue weighted by Crippen LogP contribution is -2.13. The summed E-state index contributed by atoms with van der Waals surface area (Å²) in [5, 5.41) is 6.26. The van der Waals surface area contributed by atoms with Gasteiger partial charge in [-0.15, -0.1) is 11.3 Å². The molecular weight excluding hydrogens is 256 g/mol. The summed E-state index contributed by atoms with van der Waals surface area (Å²) in [5.74, 6) is 0.954. The molecular formula is C11H18N2O2S2. The summed E-state index contributed by atoms with van der Waals surface area (Å²) in [7, 11) is -0.855. The molecule has 6 heteroatoms. The van der Waals surface area contributed by atoms with Crippen LogP contribution in [0.4, 0.5) is 0 Å². The highest BCUT2D eigenvalue weighted by atomic mass is 32.2. The van der Waals surface area contributed by atoms with E-state index in [2.05, 4.69) is 22.6 Å². The van der Waals surface area contributed by atoms with Crippen LogP contribution in [0.15, 0.2) is 5.38 Å². The standard InChI is InChI=1S/C11H18N2O2S2/c1-8(12-2)10-6-16-11(13-10)5-9-3-4-17(14,15)7-9/h6,8-9,12H,3-5,7H2,1-2H3. The van der Waals surface area contributed by atoms with E-state index in [1.165, 1.54) is 0 Å². The first-order chi connectivity index (χ1) is 8.00. The summed E-state index contributed by atoms with van der Waals surface area (Å²) in [4.78, 5) is 4.55. The minimum Gasteiger partial charge on any atom is -0.312 e. The van der Waals surface area contributed by atoms with Crippen molar-refractivity contribution in [1.82, 2.24) is 10.3 Å². The Morgan fingerprint density at radius 3 is 3.00 bits per heavy atom. The van der Waals surface area contributed by atoms with Crippen LogP contribution in [-0.2, 0) is 16.3 Å². The van der Waals surface area contributed by atoms with E-state index in [-0.39, 0.29) is 12.0 Å². The van der Waals surface area contributed by atoms with Crippen molar-refractivity contribution in [2.75, 3.05) is 18.6 Å². The molecule has 2 heterocycles. The van der Waals surface area contributed by atoms with Gasteiger partial charge in [0, 0.05) is 17.8 Å². The van der Waals surface area contributed by atoms with E-state index in [1.54, 1.807) is 11.3 Å². The van der Waals surface area contributed by atoms with E-state index in [0.717, 1.165) is 23.5 Å². The SMILES string of the molecule is CNC(C)c1csc(CC2CCS(=O)(=O)C2)n1. The van der Waals surface area contributed by atoms with Crippen LogP contribution < -0.4 is 5.32 Å². The quantitative estimate of drug-likeness (QED) is 0.901. The van der Waals surface area contributed by atoms with Crippen LogP contribution in [0.2, 0.25) is 0 Å². The van der Waals surface area contributed by atoms with Gasteiger partial charge in [-0.05, 0) is 26.3 Å². The lowest BCUT2D eigenvalue weighted by molar-refractivity contribution is 0.578. The number of hydrogen-bond donors (Lipinski definition) is 1. The fraction of sp³-hybridized carbons (Fsp3) is 0.727. The van der Waals surface area contributed by atoms with Gasteiger partial charge in [-0.3, -0.25) is 0 Å². The zero-order chi connectivity index (χ0) is 12.5. The average Bonchev–Trinajstić information content (AvgIpc) is 2.85. The van der Waals surface area contributed by atoms with Crippen molar-refractivity contribution in [2.45, 2.75) is 25.8 Å². The molecule has 0 aromatic carbocycles. The van der Waals surface area contributed by atoms with Crippen LogP contribution >= 0.6 is 11.3 Å². The van der Waals surface area contributed by atoms with Crippen LogP contribution in [0, 0.1) is 5.92 Å². The monoisotopic (exact) mass is 274 g/mol. The molecule has 2 atom stereocenters. The van der Waals surface area contributed by atoms with E-state index in [1.807, 2.05) is 7.05 Å². The molecule has 1 fully saturated rings. The van der Waals surface area contributed by atoms with Gasteiger partial charge in [0.1, 0.15) is 0 Å². The van der Waals surface area contributed by atoms with Crippen LogP contribution in [0.5, 0.6) is 0 Å². The Labute approximate surface area is 106 Å². The van der Waals surface area contributed by atoms with Crippen molar-refractivity contribution >= 4 is 21.2 Å². The Morgan fingerprint density at radius 1 is 1.65 bits per heavy atom. The zero-order valence-electron chi connectivity index (χ0n) is 10.1. The summed E-state index contributed by atoms with van der Waals surface area (Å²) in [6.45, 7) is 2.07. The minimum atomic E-state index is -2.77. The molecule has 1 saturated heterocycles. The largest absolute Gasteiger partial charge is 0.312 e. The second kappa shape index (κ2) is 5.04. The Balaban J connectivity index is 1.98. The van der Waals surface area contributed by atoms with E-state index in [0.29, 0.717) is 11.5 Å². The third-order valence-corrected chi connectivity index (χ3v) is 5.96. The first-order valence-corrected chi connectivity index (χ1v) is 8.52. The Morgan fingerprint density at radius 2 is 2.41 bits per heavy atom. The predicted octanol–water partition coefficient (Wildman–Crippen LogP) is 1.40. The Bertz CT molecular complexity index is 481. The van der Waals surface area contributed by atoms with Gasteiger partial charge in [-0.25, -0.2) is 13.4 Å². The highest BCUT2D eigenvalue weighted by Gasteiger charge is 2.28. The molecule has 4 nitrogen and oxygen atoms in total. The molecule has 2 unspecified atom stereocenters. The molecule has 17 heavy (non-hydrogen) atoms. The Kier molecular flexibility index (Phi) is 3.85. The molecule has 1 aliphatic heterocycles. The van der Waals surface area contributed by atoms with Gasteiger partial charge < -0.3 is 5.32 Å². The summed E-state index contributed by atoms with van der Waals surface area (Å²) in [6.07, 6.45) is 1.60. The number of aromatic nitrogens is 1. The number of hydrogen-bond acceptors (Lipinski definition) is 5. The molecule has 1 N–H and O–H groups in total. The van der Waals surface area contributed by atoms with Gasteiger partial charge in [0.2, 0.25) is 0 Å². The summed E-state index contributed by atoms with van der Waals surface area (Å²) in [6, 6.07) is 0.257. The fourth-order valence-electron chi connectivity index (χ4n) is 2.05. The topological polar surface area (TPSA) is 59.1 Å². The third-order valence-electron chi connectivity index (χ3n) is 3.24. The molecule has 1 aromatic rings. The van der Waals surface area contributed by atoms with Gasteiger partial charge in [0.25, 0.3) is 0 Å². The average molecular weight is 274 g/mol. The van der Waals surface area contributed by atoms with Gasteiger partial charge in [-0.1, -0.05) is 0 Å². The minimum absolute atomic E-state index is 0.257. The maximum atomic E-state index is 11.4. The summed E-state index contributed by atoms with van der Waals surface area (Å²) >= 11 is 1.63. The van der Waals surface area contributed by atoms with Gasteiger partial charge in [0.05, 0.1) is 22.2 Å². The molecule has 1 aromatic heterocycles. The third kappa shape index (κ3) is 3.26. The molecule has 1 aliphatic rings. The molecule has 0 aliphatic carbocycles. The lowest BCUT2D eigenvalue weighted by Gasteiger charge is -2.06. The smallest absolute Gasteiger partial charge is 0.150 e. The number of thiazole rings is 1. The number of sulfone groups is 1. The highest BCUT2D eigenvalue weighted by molar-refractivity contribution is 7.91. The lowest BCUT2D eigenvalue weighted by atomic mass is 10.1. The molecule has 96 valence electrons. The molecule has 0 radical (unpaired) electrons. The van der Waals surface area contributed by atoms with Crippen LogP contribution in [0.25, 0.3) is 0 Å². The maximum absolute atomic E-state index is 11.4. The normalized spacial score (nSPS) is 24.9. The summed E-state index contributed by atoms with van der Waals surface area (Å²) in [5.41, 5.74) is 1.05. The van der Waals surface area contributed by atoms with Crippen LogP contribution in [0.3, 0.4) is 0 Å². The van der Waals surface area contributed by atoms with Crippen LogP contribution in [-0.4, -0.2) is 32.0 Å². The highest BCUT2D eigenvalue weighted by Crippen LogP contribution is 2.25. The zero-order valence-corrected chi connectivity index (χ0v) is 11.8. The van der Waals surface area contributed by atoms with Crippen molar-refractivity contribution < 1.29 is 8.42 Å². The van der Waals surface area contributed by atoms with E-state index in [9.17, 15) is 8.42 Å². The van der Waals surface area contributed by atoms with Crippen molar-refractivity contribution in [3.63, 3.8) is 0 Å². The number of rotatable bonds is 4. The van der Waals surface area contributed by atoms with Crippen molar-refractivity contribution in [2.24, 2.45) is 5.92 Å². The van der Waals surface area contributed by atoms with Crippen molar-refractivity contribution in [3.8, 4) is 0 Å². The Hall–Kier alpha value is -0.460. The molecule has 0 spiro atoms. The van der Waals surface area contributed by atoms with Gasteiger partial charge >= 0.3 is 0 Å². The fourth-order valence-corrected chi connectivity index (χ4v) is 4.91. The molecule has 2 rings (SSSR count). The predicted molar refractivity (Wildman–Crippen MR) is 70.1 cm³/mol. The molecule has 0 amide bonds. The van der Waals surface area contributed by atoms with Crippen LogP contribution in [0.1, 0.15) is 30.1 Å².